The summed E-state index contributed by atoms with van der Waals surface area (Å²) in [6.07, 6.45) is 55.2. The number of rotatable bonds is 40. The molecule has 0 aliphatic carbocycles. The smallest absolute Gasteiger partial charge is 0.306 e. The number of unbranched alkanes of at least 4 members (excludes halogenated alkanes) is 25. The molecule has 0 aromatic rings. The summed E-state index contributed by atoms with van der Waals surface area (Å²) >= 11 is 0. The van der Waals surface area contributed by atoms with Gasteiger partial charge in [0.2, 0.25) is 0 Å². The van der Waals surface area contributed by atoms with Gasteiger partial charge in [-0.1, -0.05) is 198 Å². The van der Waals surface area contributed by atoms with Gasteiger partial charge in [-0.15, -0.1) is 0 Å². The highest BCUT2D eigenvalue weighted by Gasteiger charge is 2.14. The lowest BCUT2D eigenvalue weighted by molar-refractivity contribution is -0.150. The molecular formula is C46H84O4. The number of carboxylic acids is 1. The minimum absolute atomic E-state index is 0.0354. The highest BCUT2D eigenvalue weighted by Crippen LogP contribution is 2.18. The van der Waals surface area contributed by atoms with E-state index in [-0.39, 0.29) is 12.1 Å². The van der Waals surface area contributed by atoms with E-state index in [0.717, 1.165) is 70.6 Å². The summed E-state index contributed by atoms with van der Waals surface area (Å²) in [6.45, 7) is 4.40. The Bertz CT molecular complexity index is 798. The van der Waals surface area contributed by atoms with E-state index in [2.05, 4.69) is 50.3 Å². The quantitative estimate of drug-likeness (QED) is 0.0393. The van der Waals surface area contributed by atoms with Crippen LogP contribution in [0.2, 0.25) is 0 Å². The molecule has 4 nitrogen and oxygen atoms in total. The Morgan fingerprint density at radius 3 is 1.30 bits per heavy atom. The van der Waals surface area contributed by atoms with Crippen LogP contribution in [0.4, 0.5) is 0 Å². The summed E-state index contributed by atoms with van der Waals surface area (Å²) in [5.41, 5.74) is 0. The van der Waals surface area contributed by atoms with Crippen LogP contribution in [-0.2, 0) is 14.3 Å². The van der Waals surface area contributed by atoms with Crippen LogP contribution in [0.5, 0.6) is 0 Å². The second-order valence-electron chi connectivity index (χ2n) is 14.9. The van der Waals surface area contributed by atoms with Crippen molar-refractivity contribution in [3.05, 3.63) is 36.5 Å². The molecule has 50 heavy (non-hydrogen) atoms. The number of carbonyl (C=O) groups is 2. The highest BCUT2D eigenvalue weighted by molar-refractivity contribution is 5.69. The summed E-state index contributed by atoms with van der Waals surface area (Å²) in [4.78, 5) is 23.1. The summed E-state index contributed by atoms with van der Waals surface area (Å²) < 4.78 is 5.96. The topological polar surface area (TPSA) is 63.6 Å². The van der Waals surface area contributed by atoms with Crippen molar-refractivity contribution < 1.29 is 19.4 Å². The first-order valence-electron chi connectivity index (χ1n) is 22.0. The van der Waals surface area contributed by atoms with Crippen LogP contribution in [0, 0.1) is 0 Å². The molecule has 1 unspecified atom stereocenters. The molecule has 292 valence electrons. The number of carbonyl (C=O) groups excluding carboxylic acids is 1. The third kappa shape index (κ3) is 40.6. The van der Waals surface area contributed by atoms with Crippen molar-refractivity contribution in [1.29, 1.82) is 0 Å². The highest BCUT2D eigenvalue weighted by atomic mass is 16.5. The molecule has 1 atom stereocenters. The Balaban J connectivity index is 3.60. The first-order valence-corrected chi connectivity index (χ1v) is 22.0. The monoisotopic (exact) mass is 701 g/mol. The predicted molar refractivity (Wildman–Crippen MR) is 218 cm³/mol. The fourth-order valence-electron chi connectivity index (χ4n) is 6.66. The molecule has 0 aliphatic heterocycles. The number of carboxylic acid groups (broad SMARTS) is 1. The maximum absolute atomic E-state index is 12.6. The molecule has 0 fully saturated rings. The lowest BCUT2D eigenvalue weighted by atomic mass is 10.0. The molecule has 0 rings (SSSR count). The predicted octanol–water partition coefficient (Wildman–Crippen LogP) is 15.3. The van der Waals surface area contributed by atoms with E-state index in [1.807, 2.05) is 0 Å². The van der Waals surface area contributed by atoms with E-state index in [0.29, 0.717) is 12.8 Å². The summed E-state index contributed by atoms with van der Waals surface area (Å²) in [6, 6.07) is 0. The molecule has 0 spiro atoms. The van der Waals surface area contributed by atoms with E-state index < -0.39 is 5.97 Å². The summed E-state index contributed by atoms with van der Waals surface area (Å²) in [5, 5.41) is 8.67. The Morgan fingerprint density at radius 2 is 0.840 bits per heavy atom. The minimum atomic E-state index is -0.663. The number of hydrogen-bond donors (Lipinski definition) is 1. The zero-order valence-electron chi connectivity index (χ0n) is 33.5. The van der Waals surface area contributed by atoms with Crippen molar-refractivity contribution >= 4 is 11.9 Å². The van der Waals surface area contributed by atoms with E-state index in [1.54, 1.807) is 0 Å². The normalized spacial score (nSPS) is 12.5. The minimum Gasteiger partial charge on any atom is -0.481 e. The largest absolute Gasteiger partial charge is 0.481 e. The van der Waals surface area contributed by atoms with Gasteiger partial charge in [0.05, 0.1) is 0 Å². The SMILES string of the molecule is CC/C=C\C/C=C\C/C=C\CCCCCCCCCCCC(=O)OC(CCCC)CCCCCCCCCCCCCCCCCCC(=O)O. The second-order valence-corrected chi connectivity index (χ2v) is 14.9. The molecule has 0 saturated carbocycles. The van der Waals surface area contributed by atoms with E-state index in [9.17, 15) is 9.59 Å². The van der Waals surface area contributed by atoms with E-state index in [4.69, 9.17) is 9.84 Å². The molecule has 0 bridgehead atoms. The van der Waals surface area contributed by atoms with Gasteiger partial charge in [-0.05, 0) is 64.2 Å². The molecule has 0 saturated heterocycles. The van der Waals surface area contributed by atoms with Gasteiger partial charge in [0.15, 0.2) is 0 Å². The fourth-order valence-corrected chi connectivity index (χ4v) is 6.66. The molecule has 0 heterocycles. The molecule has 0 radical (unpaired) electrons. The molecule has 1 N–H and O–H groups in total. The summed E-state index contributed by atoms with van der Waals surface area (Å²) in [7, 11) is 0. The number of allylic oxidation sites excluding steroid dienone is 6. The zero-order chi connectivity index (χ0) is 36.4. The Labute approximate surface area is 311 Å². The first kappa shape index (κ1) is 48.2. The van der Waals surface area contributed by atoms with Crippen molar-refractivity contribution in [2.75, 3.05) is 0 Å². The van der Waals surface area contributed by atoms with Crippen molar-refractivity contribution in [1.82, 2.24) is 0 Å². The Hall–Kier alpha value is -1.84. The number of aliphatic carboxylic acids is 1. The first-order chi connectivity index (χ1) is 24.6. The lowest BCUT2D eigenvalue weighted by Gasteiger charge is -2.18. The van der Waals surface area contributed by atoms with Crippen LogP contribution < -0.4 is 0 Å². The zero-order valence-corrected chi connectivity index (χ0v) is 33.5. The van der Waals surface area contributed by atoms with Crippen molar-refractivity contribution in [3.63, 3.8) is 0 Å². The Kier molecular flexibility index (Phi) is 40.0. The van der Waals surface area contributed by atoms with Gasteiger partial charge in [0, 0.05) is 12.8 Å². The molecule has 0 aromatic heterocycles. The van der Waals surface area contributed by atoms with Gasteiger partial charge in [-0.2, -0.15) is 0 Å². The molecule has 0 aliphatic rings. The average Bonchev–Trinajstić information content (AvgIpc) is 3.10. The van der Waals surface area contributed by atoms with Crippen molar-refractivity contribution in [2.45, 2.75) is 245 Å². The van der Waals surface area contributed by atoms with Gasteiger partial charge < -0.3 is 9.84 Å². The lowest BCUT2D eigenvalue weighted by Crippen LogP contribution is -2.18. The molecular weight excluding hydrogens is 617 g/mol. The van der Waals surface area contributed by atoms with Crippen LogP contribution in [0.1, 0.15) is 239 Å². The fraction of sp³-hybridized carbons (Fsp3) is 0.826. The van der Waals surface area contributed by atoms with Gasteiger partial charge in [0.25, 0.3) is 0 Å². The Morgan fingerprint density at radius 1 is 0.460 bits per heavy atom. The number of esters is 1. The van der Waals surface area contributed by atoms with Crippen LogP contribution in [0.25, 0.3) is 0 Å². The van der Waals surface area contributed by atoms with Gasteiger partial charge >= 0.3 is 11.9 Å². The van der Waals surface area contributed by atoms with Crippen LogP contribution in [0.3, 0.4) is 0 Å². The van der Waals surface area contributed by atoms with Crippen molar-refractivity contribution in [2.24, 2.45) is 0 Å². The third-order valence-corrected chi connectivity index (χ3v) is 9.88. The maximum Gasteiger partial charge on any atom is 0.306 e. The van der Waals surface area contributed by atoms with Gasteiger partial charge in [0.1, 0.15) is 6.10 Å². The second kappa shape index (κ2) is 41.6. The van der Waals surface area contributed by atoms with Crippen LogP contribution in [-0.4, -0.2) is 23.1 Å². The molecule has 4 heteroatoms. The standard InChI is InChI=1S/C46H84O4/c1-3-5-7-8-9-10-11-12-13-14-15-16-21-24-27-30-33-36-39-43-46(49)50-44(40-6-4-2)41-37-34-31-28-25-22-19-17-18-20-23-26-29-32-35-38-42-45(47)48/h5,7,9-10,12-13,44H,3-4,6,8,11,14-43H2,1-2H3,(H,47,48)/b7-5-,10-9-,13-12-. The molecule has 0 aromatic carbocycles. The van der Waals surface area contributed by atoms with Crippen LogP contribution in [0.15, 0.2) is 36.5 Å². The van der Waals surface area contributed by atoms with Crippen LogP contribution >= 0.6 is 0 Å². The van der Waals surface area contributed by atoms with Gasteiger partial charge in [-0.3, -0.25) is 9.59 Å². The number of hydrogen-bond acceptors (Lipinski definition) is 3. The average molecular weight is 701 g/mol. The van der Waals surface area contributed by atoms with E-state index >= 15 is 0 Å². The van der Waals surface area contributed by atoms with Crippen molar-refractivity contribution in [3.8, 4) is 0 Å². The van der Waals surface area contributed by atoms with Gasteiger partial charge in [-0.25, -0.2) is 0 Å². The summed E-state index contributed by atoms with van der Waals surface area (Å²) in [5.74, 6) is -0.627. The molecule has 0 amide bonds. The van der Waals surface area contributed by atoms with E-state index in [1.165, 1.54) is 141 Å². The maximum atomic E-state index is 12.6. The third-order valence-electron chi connectivity index (χ3n) is 9.88. The number of ether oxygens (including phenoxy) is 1.